The normalized spacial score (nSPS) is 13.0. The third-order valence-electron chi connectivity index (χ3n) is 2.52. The molecule has 0 saturated carbocycles. The number of aromatic amines is 1. The van der Waals surface area contributed by atoms with E-state index in [9.17, 15) is 4.79 Å². The Hall–Kier alpha value is -1.61. The number of carbonyl (C=O) groups is 1. The first-order valence-corrected chi connectivity index (χ1v) is 4.97. The van der Waals surface area contributed by atoms with Gasteiger partial charge in [0.1, 0.15) is 0 Å². The van der Waals surface area contributed by atoms with Gasteiger partial charge < -0.3 is 10.7 Å². The molecule has 0 spiro atoms. The van der Waals surface area contributed by atoms with Gasteiger partial charge in [0, 0.05) is 22.7 Å². The maximum Gasteiger partial charge on any atom is 0.181 e. The van der Waals surface area contributed by atoms with Gasteiger partial charge in [0.25, 0.3) is 0 Å². The minimum absolute atomic E-state index is 0.0214. The van der Waals surface area contributed by atoms with Crippen LogP contribution in [0.3, 0.4) is 0 Å². The van der Waals surface area contributed by atoms with Crippen LogP contribution in [0.15, 0.2) is 24.4 Å². The van der Waals surface area contributed by atoms with E-state index in [4.69, 9.17) is 5.73 Å². The summed E-state index contributed by atoms with van der Waals surface area (Å²) < 4.78 is 0. The van der Waals surface area contributed by atoms with E-state index >= 15 is 0 Å². The zero-order chi connectivity index (χ0) is 11.0. The second-order valence-electron chi connectivity index (χ2n) is 3.90. The van der Waals surface area contributed by atoms with Crippen molar-refractivity contribution in [3.63, 3.8) is 0 Å². The van der Waals surface area contributed by atoms with Crippen LogP contribution in [0, 0.1) is 6.92 Å². The van der Waals surface area contributed by atoms with E-state index in [1.165, 1.54) is 0 Å². The Bertz CT molecular complexity index is 511. The summed E-state index contributed by atoms with van der Waals surface area (Å²) in [6.45, 7) is 3.71. The molecule has 15 heavy (non-hydrogen) atoms. The highest BCUT2D eigenvalue weighted by atomic mass is 16.1. The van der Waals surface area contributed by atoms with E-state index in [1.807, 2.05) is 25.1 Å². The average Bonchev–Trinajstić information content (AvgIpc) is 2.59. The molecule has 0 fully saturated rings. The fraction of sp³-hybridized carbons (Fsp3) is 0.250. The van der Waals surface area contributed by atoms with Gasteiger partial charge in [0.2, 0.25) is 0 Å². The number of carbonyl (C=O) groups excluding carboxylic acids is 1. The summed E-state index contributed by atoms with van der Waals surface area (Å²) in [5.41, 5.74) is 8.39. The van der Waals surface area contributed by atoms with E-state index in [2.05, 4.69) is 4.98 Å². The molecule has 1 atom stereocenters. The molecule has 0 aliphatic carbocycles. The average molecular weight is 202 g/mol. The number of fused-ring (bicyclic) bond motifs is 1. The van der Waals surface area contributed by atoms with Crippen molar-refractivity contribution in [3.05, 3.63) is 35.5 Å². The van der Waals surface area contributed by atoms with Gasteiger partial charge in [-0.25, -0.2) is 0 Å². The van der Waals surface area contributed by atoms with Gasteiger partial charge in [-0.2, -0.15) is 0 Å². The van der Waals surface area contributed by atoms with E-state index in [1.54, 1.807) is 13.1 Å². The first-order valence-electron chi connectivity index (χ1n) is 4.97. The summed E-state index contributed by atoms with van der Waals surface area (Å²) in [4.78, 5) is 14.9. The molecule has 1 heterocycles. The molecule has 0 saturated heterocycles. The Kier molecular flexibility index (Phi) is 2.32. The molecule has 1 aromatic heterocycles. The summed E-state index contributed by atoms with van der Waals surface area (Å²) in [5.74, 6) is -0.0214. The molecule has 1 unspecified atom stereocenters. The predicted molar refractivity (Wildman–Crippen MR) is 61.0 cm³/mol. The lowest BCUT2D eigenvalue weighted by atomic mass is 10.0. The number of rotatable bonds is 2. The lowest BCUT2D eigenvalue weighted by molar-refractivity contribution is 0.0969. The number of Topliss-reactive ketones (excluding diaryl/α,β-unsaturated/α-hetero) is 1. The summed E-state index contributed by atoms with van der Waals surface area (Å²) in [5, 5.41) is 0.956. The maximum absolute atomic E-state index is 11.8. The van der Waals surface area contributed by atoms with Crippen LogP contribution in [0.2, 0.25) is 0 Å². The van der Waals surface area contributed by atoms with Gasteiger partial charge >= 0.3 is 0 Å². The number of aromatic nitrogens is 1. The third-order valence-corrected chi connectivity index (χ3v) is 2.52. The van der Waals surface area contributed by atoms with Crippen molar-refractivity contribution in [2.75, 3.05) is 0 Å². The van der Waals surface area contributed by atoms with Crippen LogP contribution < -0.4 is 5.73 Å². The van der Waals surface area contributed by atoms with Crippen LogP contribution in [0.5, 0.6) is 0 Å². The lowest BCUT2D eigenvalue weighted by Gasteiger charge is -2.02. The van der Waals surface area contributed by atoms with Crippen molar-refractivity contribution in [2.24, 2.45) is 5.73 Å². The van der Waals surface area contributed by atoms with Crippen LogP contribution in [0.25, 0.3) is 10.9 Å². The highest BCUT2D eigenvalue weighted by Gasteiger charge is 2.15. The SMILES string of the molecule is Cc1ccc2[nH]cc(C(=O)C(C)N)c2c1. The van der Waals surface area contributed by atoms with Gasteiger partial charge in [-0.1, -0.05) is 11.6 Å². The summed E-state index contributed by atoms with van der Waals surface area (Å²) >= 11 is 0. The zero-order valence-corrected chi connectivity index (χ0v) is 8.87. The molecule has 3 N–H and O–H groups in total. The quantitative estimate of drug-likeness (QED) is 0.732. The number of nitrogens with one attached hydrogen (secondary N) is 1. The van der Waals surface area contributed by atoms with Crippen molar-refractivity contribution in [3.8, 4) is 0 Å². The fourth-order valence-corrected chi connectivity index (χ4v) is 1.68. The van der Waals surface area contributed by atoms with Crippen molar-refractivity contribution >= 4 is 16.7 Å². The highest BCUT2D eigenvalue weighted by Crippen LogP contribution is 2.20. The Labute approximate surface area is 88.3 Å². The van der Waals surface area contributed by atoms with Crippen molar-refractivity contribution in [1.82, 2.24) is 4.98 Å². The Morgan fingerprint density at radius 3 is 2.87 bits per heavy atom. The number of hydrogen-bond donors (Lipinski definition) is 2. The van der Waals surface area contributed by atoms with Gasteiger partial charge in [-0.3, -0.25) is 4.79 Å². The molecule has 78 valence electrons. The summed E-state index contributed by atoms with van der Waals surface area (Å²) in [6, 6.07) is 5.53. The van der Waals surface area contributed by atoms with E-state index in [0.717, 1.165) is 16.5 Å². The first-order chi connectivity index (χ1) is 7.09. The minimum atomic E-state index is -0.454. The van der Waals surface area contributed by atoms with E-state index in [-0.39, 0.29) is 5.78 Å². The number of hydrogen-bond acceptors (Lipinski definition) is 2. The van der Waals surface area contributed by atoms with Crippen LogP contribution in [-0.2, 0) is 0 Å². The third kappa shape index (κ3) is 1.66. The molecule has 0 radical (unpaired) electrons. The molecule has 1 aromatic carbocycles. The summed E-state index contributed by atoms with van der Waals surface area (Å²) in [7, 11) is 0. The fourth-order valence-electron chi connectivity index (χ4n) is 1.68. The highest BCUT2D eigenvalue weighted by molar-refractivity contribution is 6.10. The second kappa shape index (κ2) is 3.51. The molecule has 0 aliphatic rings. The smallest absolute Gasteiger partial charge is 0.181 e. The van der Waals surface area contributed by atoms with Crippen LogP contribution in [0.1, 0.15) is 22.8 Å². The summed E-state index contributed by atoms with van der Waals surface area (Å²) in [6.07, 6.45) is 1.73. The van der Waals surface area contributed by atoms with Crippen LogP contribution >= 0.6 is 0 Å². The van der Waals surface area contributed by atoms with Gasteiger partial charge in [0.05, 0.1) is 6.04 Å². The van der Waals surface area contributed by atoms with Gasteiger partial charge in [-0.15, -0.1) is 0 Å². The van der Waals surface area contributed by atoms with Gasteiger partial charge in [-0.05, 0) is 26.0 Å². The van der Waals surface area contributed by atoms with Crippen molar-refractivity contribution < 1.29 is 4.79 Å². The van der Waals surface area contributed by atoms with E-state index < -0.39 is 6.04 Å². The number of ketones is 1. The molecular formula is C12H14N2O. The first kappa shape index (κ1) is 9.93. The number of nitrogens with two attached hydrogens (primary N) is 1. The second-order valence-corrected chi connectivity index (χ2v) is 3.90. The van der Waals surface area contributed by atoms with Gasteiger partial charge in [0.15, 0.2) is 5.78 Å². The maximum atomic E-state index is 11.8. The molecule has 3 nitrogen and oxygen atoms in total. The molecule has 2 rings (SSSR count). The number of aryl methyl sites for hydroxylation is 1. The topological polar surface area (TPSA) is 58.9 Å². The Morgan fingerprint density at radius 2 is 2.20 bits per heavy atom. The van der Waals surface area contributed by atoms with Crippen molar-refractivity contribution in [1.29, 1.82) is 0 Å². The molecule has 2 aromatic rings. The standard InChI is InChI=1S/C12H14N2O/c1-7-3-4-11-9(5-7)10(6-14-11)12(15)8(2)13/h3-6,8,14H,13H2,1-2H3. The predicted octanol–water partition coefficient (Wildman–Crippen LogP) is 2.01. The van der Waals surface area contributed by atoms with Crippen LogP contribution in [-0.4, -0.2) is 16.8 Å². The largest absolute Gasteiger partial charge is 0.360 e. The molecular weight excluding hydrogens is 188 g/mol. The van der Waals surface area contributed by atoms with E-state index in [0.29, 0.717) is 5.56 Å². The lowest BCUT2D eigenvalue weighted by Crippen LogP contribution is -2.26. The van der Waals surface area contributed by atoms with Crippen LogP contribution in [0.4, 0.5) is 0 Å². The Balaban J connectivity index is 2.62. The molecule has 0 bridgehead atoms. The number of benzene rings is 1. The van der Waals surface area contributed by atoms with Crippen molar-refractivity contribution in [2.45, 2.75) is 19.9 Å². The molecule has 0 aliphatic heterocycles. The number of H-pyrrole nitrogens is 1. The molecule has 3 heteroatoms. The molecule has 0 amide bonds. The monoisotopic (exact) mass is 202 g/mol. The Morgan fingerprint density at radius 1 is 1.47 bits per heavy atom. The minimum Gasteiger partial charge on any atom is -0.360 e. The zero-order valence-electron chi connectivity index (χ0n) is 8.87.